The Morgan fingerprint density at radius 2 is 0.455 bits per heavy atom. The van der Waals surface area contributed by atoms with Gasteiger partial charge in [-0.25, -0.2) is 0 Å². The first-order chi connectivity index (χ1) is 2.00. The van der Waals surface area contributed by atoms with Crippen LogP contribution < -0.4 is 0 Å². The van der Waals surface area contributed by atoms with E-state index >= 15 is 0 Å². The van der Waals surface area contributed by atoms with Crippen LogP contribution in [0.3, 0.4) is 0 Å². The maximum absolute atomic E-state index is 3.25. The minimum absolute atomic E-state index is 0. The van der Waals surface area contributed by atoms with Crippen LogP contribution in [0.15, 0.2) is 0 Å². The fraction of sp³-hybridized carbons (Fsp3) is 0.800. The molecule has 0 spiro atoms. The quantitative estimate of drug-likeness (QED) is 0.493. The predicted octanol–water partition coefficient (Wildman–Crippen LogP) is 5.49. The maximum atomic E-state index is 3.25. The van der Waals surface area contributed by atoms with Gasteiger partial charge in [0.25, 0.3) is 0 Å². The van der Waals surface area contributed by atoms with Gasteiger partial charge in [-0.2, -0.15) is 13.8 Å². The Morgan fingerprint density at radius 1 is 0.455 bits per heavy atom. The van der Waals surface area contributed by atoms with Gasteiger partial charge >= 0.3 is 0 Å². The van der Waals surface area contributed by atoms with Crippen LogP contribution in [0.1, 0.15) is 58.4 Å². The SMILES string of the molecule is C.C.C.C.C.C.[CH2-]C.[CH2-]C.[Y]. The van der Waals surface area contributed by atoms with Crippen LogP contribution in [0, 0.1) is 13.8 Å². The first-order valence-corrected chi connectivity index (χ1v) is 1.41. The first-order valence-electron chi connectivity index (χ1n) is 1.41. The third-order valence-electron chi connectivity index (χ3n) is 0. The summed E-state index contributed by atoms with van der Waals surface area (Å²) in [5.74, 6) is 0. The molecule has 79 valence electrons. The molecule has 0 aliphatic carbocycles. The minimum Gasteiger partial charge on any atom is -0.346 e. The normalized spacial score (nSPS) is 1.09. The molecule has 0 bridgehead atoms. The molecule has 0 saturated heterocycles. The van der Waals surface area contributed by atoms with Gasteiger partial charge in [-0.1, -0.05) is 44.6 Å². The molecule has 0 aromatic rings. The molecular weight excluding hydrogens is 209 g/mol. The van der Waals surface area contributed by atoms with E-state index in [4.69, 9.17) is 0 Å². The summed E-state index contributed by atoms with van der Waals surface area (Å²) in [7, 11) is 0. The van der Waals surface area contributed by atoms with E-state index in [0.717, 1.165) is 0 Å². The Hall–Kier alpha value is 1.10. The minimum atomic E-state index is 0. The molecule has 0 aliphatic rings. The fourth-order valence-electron chi connectivity index (χ4n) is 0. The zero-order valence-electron chi connectivity index (χ0n) is 3.99. The third-order valence-corrected chi connectivity index (χ3v) is 0. The van der Waals surface area contributed by atoms with Crippen molar-refractivity contribution in [2.24, 2.45) is 0 Å². The van der Waals surface area contributed by atoms with E-state index in [1.54, 1.807) is 13.8 Å². The molecule has 0 fully saturated rings. The van der Waals surface area contributed by atoms with Gasteiger partial charge in [0.1, 0.15) is 0 Å². The number of hydrogen-bond acceptors (Lipinski definition) is 0. The topological polar surface area (TPSA) is 0 Å². The Bertz CT molecular complexity index is 4.83. The fourth-order valence-corrected chi connectivity index (χ4v) is 0. The maximum Gasteiger partial charge on any atom is 0 e. The van der Waals surface area contributed by atoms with Gasteiger partial charge in [0.15, 0.2) is 0 Å². The summed E-state index contributed by atoms with van der Waals surface area (Å²) in [5.41, 5.74) is 0. The summed E-state index contributed by atoms with van der Waals surface area (Å²) < 4.78 is 0. The molecule has 0 N–H and O–H groups in total. The van der Waals surface area contributed by atoms with Crippen molar-refractivity contribution in [1.82, 2.24) is 0 Å². The molecule has 0 nitrogen and oxygen atoms in total. The van der Waals surface area contributed by atoms with Gasteiger partial charge < -0.3 is 13.8 Å². The van der Waals surface area contributed by atoms with Gasteiger partial charge in [0.05, 0.1) is 0 Å². The molecular formula is C10H34Y-2. The van der Waals surface area contributed by atoms with E-state index in [1.165, 1.54) is 0 Å². The summed E-state index contributed by atoms with van der Waals surface area (Å²) in [6.45, 7) is 10.0. The van der Waals surface area contributed by atoms with Gasteiger partial charge in [-0.3, -0.25) is 0 Å². The Morgan fingerprint density at radius 3 is 0.455 bits per heavy atom. The largest absolute Gasteiger partial charge is 0.346 e. The summed E-state index contributed by atoms with van der Waals surface area (Å²) in [5, 5.41) is 0. The van der Waals surface area contributed by atoms with Crippen LogP contribution in [0.5, 0.6) is 0 Å². The molecule has 0 saturated carbocycles. The number of hydrogen-bond donors (Lipinski definition) is 0. The van der Waals surface area contributed by atoms with E-state index in [9.17, 15) is 0 Å². The second-order valence-corrected chi connectivity index (χ2v) is 0. The first kappa shape index (κ1) is 155. The number of rotatable bonds is 0. The van der Waals surface area contributed by atoms with Crippen LogP contribution >= 0.6 is 0 Å². The molecule has 0 amide bonds. The summed E-state index contributed by atoms with van der Waals surface area (Å²) in [6, 6.07) is 0. The molecule has 0 unspecified atom stereocenters. The van der Waals surface area contributed by atoms with Crippen molar-refractivity contribution in [3.8, 4) is 0 Å². The van der Waals surface area contributed by atoms with Crippen molar-refractivity contribution >= 4 is 0 Å². The second-order valence-electron chi connectivity index (χ2n) is 0. The Balaban J connectivity index is -0.000000000635. The average Bonchev–Trinajstić information content (AvgIpc) is 1.50. The van der Waals surface area contributed by atoms with Crippen molar-refractivity contribution in [2.45, 2.75) is 58.4 Å². The standard InChI is InChI=1S/2C2H5.6CH4.Y/c2*1-2;;;;;;;/h2*1H2,2H3;6*1H4;/q2*-1;;;;;;;. The molecule has 11 heavy (non-hydrogen) atoms. The zero-order valence-corrected chi connectivity index (χ0v) is 6.83. The van der Waals surface area contributed by atoms with Crippen LogP contribution in [0.2, 0.25) is 0 Å². The van der Waals surface area contributed by atoms with Gasteiger partial charge in [0.2, 0.25) is 0 Å². The summed E-state index contributed by atoms with van der Waals surface area (Å²) >= 11 is 0. The Labute approximate surface area is 104 Å². The average molecular weight is 243 g/mol. The van der Waals surface area contributed by atoms with Crippen LogP contribution in [-0.2, 0) is 32.7 Å². The smallest absolute Gasteiger partial charge is 0 e. The van der Waals surface area contributed by atoms with Crippen molar-refractivity contribution in [1.29, 1.82) is 0 Å². The van der Waals surface area contributed by atoms with E-state index in [0.29, 0.717) is 0 Å². The second kappa shape index (κ2) is 930. The summed E-state index contributed by atoms with van der Waals surface area (Å²) in [6.07, 6.45) is 0. The van der Waals surface area contributed by atoms with Crippen molar-refractivity contribution < 1.29 is 32.7 Å². The molecule has 1 radical (unpaired) electrons. The summed E-state index contributed by atoms with van der Waals surface area (Å²) in [4.78, 5) is 0. The van der Waals surface area contributed by atoms with Crippen molar-refractivity contribution in [3.05, 3.63) is 13.8 Å². The monoisotopic (exact) mass is 243 g/mol. The molecule has 0 aromatic carbocycles. The van der Waals surface area contributed by atoms with Crippen molar-refractivity contribution in [3.63, 3.8) is 0 Å². The molecule has 1 heteroatoms. The van der Waals surface area contributed by atoms with E-state index < -0.39 is 0 Å². The molecule has 0 rings (SSSR count). The molecule has 0 aliphatic heterocycles. The van der Waals surface area contributed by atoms with E-state index in [-0.39, 0.29) is 77.3 Å². The van der Waals surface area contributed by atoms with Crippen LogP contribution in [0.25, 0.3) is 0 Å². The van der Waals surface area contributed by atoms with Gasteiger partial charge in [-0.15, -0.1) is 0 Å². The van der Waals surface area contributed by atoms with Crippen LogP contribution in [-0.4, -0.2) is 0 Å². The van der Waals surface area contributed by atoms with Gasteiger partial charge in [-0.05, 0) is 0 Å². The Kier molecular flexibility index (Phi) is 13100. The zero-order chi connectivity index (χ0) is 4.00. The molecule has 0 heterocycles. The van der Waals surface area contributed by atoms with Crippen molar-refractivity contribution in [2.75, 3.05) is 0 Å². The third kappa shape index (κ3) is 755. The van der Waals surface area contributed by atoms with Crippen LogP contribution in [0.4, 0.5) is 0 Å². The molecule has 0 aromatic heterocycles. The van der Waals surface area contributed by atoms with Gasteiger partial charge in [0, 0.05) is 32.7 Å². The van der Waals surface area contributed by atoms with E-state index in [1.807, 2.05) is 0 Å². The molecule has 0 atom stereocenters. The van der Waals surface area contributed by atoms with E-state index in [2.05, 4.69) is 13.8 Å². The predicted molar refractivity (Wildman–Crippen MR) is 62.4 cm³/mol.